The molecule has 1 aromatic rings. The van der Waals surface area contributed by atoms with Crippen molar-refractivity contribution in [2.24, 2.45) is 0 Å². The van der Waals surface area contributed by atoms with Gasteiger partial charge in [0.15, 0.2) is 0 Å². The van der Waals surface area contributed by atoms with E-state index in [4.69, 9.17) is 5.21 Å². The predicted octanol–water partition coefficient (Wildman–Crippen LogP) is 2.64. The van der Waals surface area contributed by atoms with Crippen LogP contribution in [0.1, 0.15) is 39.0 Å². The molecule has 0 fully saturated rings. The number of unbranched alkanes of at least 4 members (excludes halogenated alkanes) is 3. The van der Waals surface area contributed by atoms with Crippen molar-refractivity contribution >= 4 is 16.7 Å². The van der Waals surface area contributed by atoms with Crippen molar-refractivity contribution in [1.29, 1.82) is 0 Å². The summed E-state index contributed by atoms with van der Waals surface area (Å²) in [5.41, 5.74) is 1.62. The van der Waals surface area contributed by atoms with Gasteiger partial charge in [-0.3, -0.25) is 14.2 Å². The van der Waals surface area contributed by atoms with E-state index in [-0.39, 0.29) is 0 Å². The Balaban J connectivity index is 2.68. The zero-order valence-corrected chi connectivity index (χ0v) is 12.0. The lowest BCUT2D eigenvalue weighted by molar-refractivity contribution is -0.128. The fourth-order valence-electron chi connectivity index (χ4n) is 1.88. The second-order valence-corrected chi connectivity index (χ2v) is 6.06. The normalized spacial score (nSPS) is 13.8. The topological polar surface area (TPSA) is 66.4 Å². The van der Waals surface area contributed by atoms with E-state index in [0.717, 1.165) is 25.7 Å². The van der Waals surface area contributed by atoms with E-state index in [9.17, 15) is 9.00 Å². The monoisotopic (exact) mass is 283 g/mol. The first kappa shape index (κ1) is 15.9. The Kier molecular flexibility index (Phi) is 7.36. The Morgan fingerprint density at radius 2 is 1.95 bits per heavy atom. The molecule has 0 aromatic heterocycles. The smallest absolute Gasteiger partial charge is 0.259 e. The van der Waals surface area contributed by atoms with E-state index in [1.165, 1.54) is 0 Å². The van der Waals surface area contributed by atoms with Crippen molar-refractivity contribution in [2.75, 3.05) is 0 Å². The number of benzene rings is 1. The van der Waals surface area contributed by atoms with Crippen LogP contribution >= 0.6 is 0 Å². The van der Waals surface area contributed by atoms with Gasteiger partial charge in [-0.15, -0.1) is 0 Å². The highest BCUT2D eigenvalue weighted by atomic mass is 32.2. The third kappa shape index (κ3) is 5.12. The van der Waals surface area contributed by atoms with Gasteiger partial charge in [0.1, 0.15) is 5.25 Å². The summed E-state index contributed by atoms with van der Waals surface area (Å²) in [5, 5.41) is 8.08. The highest BCUT2D eigenvalue weighted by Gasteiger charge is 2.25. The van der Waals surface area contributed by atoms with Crippen LogP contribution in [0.4, 0.5) is 0 Å². The van der Waals surface area contributed by atoms with Crippen LogP contribution in [0.25, 0.3) is 0 Å². The Morgan fingerprint density at radius 1 is 1.26 bits per heavy atom. The first-order chi connectivity index (χ1) is 9.20. The molecule has 2 unspecified atom stereocenters. The van der Waals surface area contributed by atoms with Gasteiger partial charge in [-0.2, -0.15) is 0 Å². The van der Waals surface area contributed by atoms with Crippen LogP contribution in [0, 0.1) is 0 Å². The summed E-state index contributed by atoms with van der Waals surface area (Å²) in [6.07, 6.45) is 4.58. The van der Waals surface area contributed by atoms with Crippen molar-refractivity contribution in [1.82, 2.24) is 5.48 Å². The summed E-state index contributed by atoms with van der Waals surface area (Å²) in [7, 11) is -1.43. The third-order valence-electron chi connectivity index (χ3n) is 2.96. The Bertz CT molecular complexity index is 408. The summed E-state index contributed by atoms with van der Waals surface area (Å²) in [6, 6.07) is 8.89. The number of carbonyl (C=O) groups is 1. The van der Waals surface area contributed by atoms with Crippen LogP contribution in [0.2, 0.25) is 0 Å². The molecular weight excluding hydrogens is 262 g/mol. The zero-order valence-electron chi connectivity index (χ0n) is 11.2. The molecular formula is C14H21NO3S. The van der Waals surface area contributed by atoms with Gasteiger partial charge in [-0.05, 0) is 18.6 Å². The van der Waals surface area contributed by atoms with Gasteiger partial charge >= 0.3 is 0 Å². The summed E-state index contributed by atoms with van der Waals surface area (Å²) in [4.78, 5) is 12.3. The van der Waals surface area contributed by atoms with E-state index in [1.54, 1.807) is 29.7 Å². The second-order valence-electron chi connectivity index (χ2n) is 4.42. The molecule has 5 heteroatoms. The molecule has 1 aromatic carbocycles. The second kappa shape index (κ2) is 8.82. The molecule has 19 heavy (non-hydrogen) atoms. The maximum Gasteiger partial charge on any atom is 0.259 e. The minimum atomic E-state index is -1.43. The SMILES string of the molecule is CCCCCCC(C(=O)NO)S(=O)c1ccccc1. The molecule has 0 spiro atoms. The van der Waals surface area contributed by atoms with Gasteiger partial charge in [-0.1, -0.05) is 50.8 Å². The van der Waals surface area contributed by atoms with Crippen molar-refractivity contribution in [2.45, 2.75) is 49.2 Å². The molecule has 0 heterocycles. The van der Waals surface area contributed by atoms with Crippen LogP contribution in [0.3, 0.4) is 0 Å². The van der Waals surface area contributed by atoms with Gasteiger partial charge in [-0.25, -0.2) is 5.48 Å². The summed E-state index contributed by atoms with van der Waals surface area (Å²) in [5.74, 6) is -0.571. The third-order valence-corrected chi connectivity index (χ3v) is 4.66. The van der Waals surface area contributed by atoms with Gasteiger partial charge in [0.05, 0.1) is 10.8 Å². The van der Waals surface area contributed by atoms with Crippen molar-refractivity contribution < 1.29 is 14.2 Å². The highest BCUT2D eigenvalue weighted by Crippen LogP contribution is 2.17. The average Bonchev–Trinajstić information content (AvgIpc) is 2.47. The van der Waals surface area contributed by atoms with E-state index >= 15 is 0 Å². The van der Waals surface area contributed by atoms with E-state index in [1.807, 2.05) is 6.07 Å². The zero-order chi connectivity index (χ0) is 14.1. The van der Waals surface area contributed by atoms with Gasteiger partial charge in [0.25, 0.3) is 5.91 Å². The van der Waals surface area contributed by atoms with E-state index < -0.39 is 22.0 Å². The van der Waals surface area contributed by atoms with Crippen LogP contribution in [0.5, 0.6) is 0 Å². The number of hydroxylamine groups is 1. The average molecular weight is 283 g/mol. The summed E-state index contributed by atoms with van der Waals surface area (Å²) < 4.78 is 12.3. The molecule has 0 aliphatic rings. The summed E-state index contributed by atoms with van der Waals surface area (Å²) >= 11 is 0. The molecule has 0 radical (unpaired) electrons. The van der Waals surface area contributed by atoms with Gasteiger partial charge < -0.3 is 0 Å². The molecule has 0 aliphatic heterocycles. The number of carbonyl (C=O) groups excluding carboxylic acids is 1. The Hall–Kier alpha value is -1.20. The number of nitrogens with one attached hydrogen (secondary N) is 1. The first-order valence-corrected chi connectivity index (χ1v) is 7.81. The minimum absolute atomic E-state index is 0.522. The predicted molar refractivity (Wildman–Crippen MR) is 75.3 cm³/mol. The number of hydrogen-bond donors (Lipinski definition) is 2. The quantitative estimate of drug-likeness (QED) is 0.438. The lowest BCUT2D eigenvalue weighted by Crippen LogP contribution is -2.35. The fraction of sp³-hybridized carbons (Fsp3) is 0.500. The number of hydrogen-bond acceptors (Lipinski definition) is 3. The van der Waals surface area contributed by atoms with Crippen LogP contribution < -0.4 is 5.48 Å². The van der Waals surface area contributed by atoms with Gasteiger partial charge in [0, 0.05) is 4.90 Å². The van der Waals surface area contributed by atoms with Crippen molar-refractivity contribution in [3.05, 3.63) is 30.3 Å². The molecule has 2 atom stereocenters. The van der Waals surface area contributed by atoms with Crippen LogP contribution in [-0.4, -0.2) is 20.6 Å². The molecule has 4 nitrogen and oxygen atoms in total. The molecule has 0 aliphatic carbocycles. The maximum atomic E-state index is 12.3. The highest BCUT2D eigenvalue weighted by molar-refractivity contribution is 7.86. The summed E-state index contributed by atoms with van der Waals surface area (Å²) in [6.45, 7) is 2.11. The van der Waals surface area contributed by atoms with Crippen molar-refractivity contribution in [3.63, 3.8) is 0 Å². The number of rotatable bonds is 8. The van der Waals surface area contributed by atoms with E-state index in [0.29, 0.717) is 11.3 Å². The molecule has 106 valence electrons. The lowest BCUT2D eigenvalue weighted by atomic mass is 10.1. The van der Waals surface area contributed by atoms with Crippen molar-refractivity contribution in [3.8, 4) is 0 Å². The maximum absolute atomic E-state index is 12.3. The molecule has 0 saturated heterocycles. The lowest BCUT2D eigenvalue weighted by Gasteiger charge is -2.14. The molecule has 1 rings (SSSR count). The molecule has 0 bridgehead atoms. The molecule has 2 N–H and O–H groups in total. The standard InChI is InChI=1S/C14H21NO3S/c1-2-3-4-8-11-13(14(16)15-17)19(18)12-9-6-5-7-10-12/h5-7,9-10,13,17H,2-4,8,11H2,1H3,(H,15,16). The van der Waals surface area contributed by atoms with Crippen LogP contribution in [-0.2, 0) is 15.6 Å². The molecule has 0 saturated carbocycles. The Morgan fingerprint density at radius 3 is 2.53 bits per heavy atom. The van der Waals surface area contributed by atoms with E-state index in [2.05, 4.69) is 6.92 Å². The fourth-order valence-corrected chi connectivity index (χ4v) is 3.26. The largest absolute Gasteiger partial charge is 0.289 e. The Labute approximate surface area is 116 Å². The molecule has 1 amide bonds. The first-order valence-electron chi connectivity index (χ1n) is 6.60. The number of amides is 1. The van der Waals surface area contributed by atoms with Gasteiger partial charge in [0.2, 0.25) is 0 Å². The minimum Gasteiger partial charge on any atom is -0.289 e. The van der Waals surface area contributed by atoms with Crippen LogP contribution in [0.15, 0.2) is 35.2 Å².